The number of alkyl halides is 3. The van der Waals surface area contributed by atoms with Crippen LogP contribution < -0.4 is 0 Å². The molecule has 5 heteroatoms. The molecule has 16 heavy (non-hydrogen) atoms. The van der Waals surface area contributed by atoms with Gasteiger partial charge in [-0.25, -0.2) is 0 Å². The molecule has 1 atom stereocenters. The van der Waals surface area contributed by atoms with E-state index in [1.165, 1.54) is 5.41 Å². The number of rotatable bonds is 3. The largest absolute Gasteiger partial charge is 0.269 e. The van der Waals surface area contributed by atoms with Crippen molar-refractivity contribution in [2.75, 3.05) is 0 Å². The Balaban J connectivity index is 2.73. The monoisotopic (exact) mass is 294 g/mol. The van der Waals surface area contributed by atoms with Crippen LogP contribution in [0.4, 0.5) is 0 Å². The maximum Gasteiger partial charge on any atom is 0.269 e. The summed E-state index contributed by atoms with van der Waals surface area (Å²) >= 11 is 16.4. The summed E-state index contributed by atoms with van der Waals surface area (Å²) in [5.41, 5.74) is 1.64. The molecule has 0 aliphatic carbocycles. The molecule has 0 amide bonds. The molecule has 86 valence electrons. The molecule has 0 aliphatic rings. The second-order valence-electron chi connectivity index (χ2n) is 2.94. The van der Waals surface area contributed by atoms with Crippen molar-refractivity contribution in [1.82, 2.24) is 0 Å². The van der Waals surface area contributed by atoms with Crippen molar-refractivity contribution in [2.45, 2.75) is 3.12 Å². The van der Waals surface area contributed by atoms with Gasteiger partial charge in [0.2, 0.25) is 0 Å². The maximum atomic E-state index is 11.4. The lowest BCUT2D eigenvalue weighted by Gasteiger charge is -2.06. The summed E-state index contributed by atoms with van der Waals surface area (Å²) in [6, 6.07) is 9.47. The summed E-state index contributed by atoms with van der Waals surface area (Å²) in [5.74, 6) is 0. The molecule has 1 aromatic rings. The fourth-order valence-corrected chi connectivity index (χ4v) is 1.87. The Kier molecular flexibility index (Phi) is 5.06. The van der Waals surface area contributed by atoms with E-state index in [4.69, 9.17) is 34.8 Å². The molecule has 0 bridgehead atoms. The van der Waals surface area contributed by atoms with E-state index in [1.54, 1.807) is 6.08 Å². The molecule has 1 unspecified atom stereocenters. The van der Waals surface area contributed by atoms with Gasteiger partial charge in [-0.15, -0.1) is 0 Å². The van der Waals surface area contributed by atoms with Gasteiger partial charge in [-0.1, -0.05) is 71.7 Å². The molecule has 0 aliphatic heterocycles. The molecular weight excluding hydrogens is 287 g/mol. The van der Waals surface area contributed by atoms with E-state index in [-0.39, 0.29) is 0 Å². The van der Waals surface area contributed by atoms with Crippen LogP contribution in [0.3, 0.4) is 0 Å². The highest BCUT2D eigenvalue weighted by atomic mass is 35.6. The van der Waals surface area contributed by atoms with E-state index >= 15 is 0 Å². The standard InChI is InChI=1S/C11H9Cl3OS/c1-9(10-5-3-2-4-6-10)7-8-16(15)11(12,13)14/h2-8H,1H2/b8-7+. The zero-order valence-electron chi connectivity index (χ0n) is 8.20. The Morgan fingerprint density at radius 2 is 1.81 bits per heavy atom. The van der Waals surface area contributed by atoms with Crippen LogP contribution in [0, 0.1) is 0 Å². The third kappa shape index (κ3) is 4.30. The van der Waals surface area contributed by atoms with Gasteiger partial charge in [0.15, 0.2) is 0 Å². The summed E-state index contributed by atoms with van der Waals surface area (Å²) in [5, 5.41) is 1.32. The second-order valence-corrected chi connectivity index (χ2v) is 7.37. The molecule has 0 N–H and O–H groups in total. The number of hydrogen-bond donors (Lipinski definition) is 0. The van der Waals surface area contributed by atoms with Gasteiger partial charge in [-0.2, -0.15) is 0 Å². The lowest BCUT2D eigenvalue weighted by atomic mass is 10.1. The van der Waals surface area contributed by atoms with Gasteiger partial charge in [-0.3, -0.25) is 4.21 Å². The first-order valence-corrected chi connectivity index (χ1v) is 6.66. The van der Waals surface area contributed by atoms with Crippen LogP contribution in [0.2, 0.25) is 0 Å². The molecule has 0 saturated heterocycles. The SMILES string of the molecule is C=C(/C=C/S(=O)C(Cl)(Cl)Cl)c1ccccc1. The molecule has 0 heterocycles. The average molecular weight is 296 g/mol. The third-order valence-corrected chi connectivity index (χ3v) is 3.97. The van der Waals surface area contributed by atoms with Gasteiger partial charge in [-0.05, 0) is 17.2 Å². The lowest BCUT2D eigenvalue weighted by Crippen LogP contribution is -2.08. The predicted molar refractivity (Wildman–Crippen MR) is 73.0 cm³/mol. The summed E-state index contributed by atoms with van der Waals surface area (Å²) < 4.78 is 9.59. The molecule has 1 nitrogen and oxygen atoms in total. The smallest absolute Gasteiger partial charge is 0.250 e. The van der Waals surface area contributed by atoms with Crippen molar-refractivity contribution in [2.24, 2.45) is 0 Å². The van der Waals surface area contributed by atoms with Crippen molar-refractivity contribution in [3.8, 4) is 0 Å². The zero-order valence-corrected chi connectivity index (χ0v) is 11.3. The van der Waals surface area contributed by atoms with Crippen LogP contribution in [0.25, 0.3) is 5.57 Å². The van der Waals surface area contributed by atoms with E-state index in [2.05, 4.69) is 6.58 Å². The quantitative estimate of drug-likeness (QED) is 0.600. The van der Waals surface area contributed by atoms with Crippen molar-refractivity contribution < 1.29 is 4.21 Å². The molecule has 0 radical (unpaired) electrons. The van der Waals surface area contributed by atoms with Gasteiger partial charge in [0.1, 0.15) is 0 Å². The van der Waals surface area contributed by atoms with Crippen LogP contribution in [0.15, 0.2) is 48.4 Å². The van der Waals surface area contributed by atoms with Crippen LogP contribution in [0.1, 0.15) is 5.56 Å². The number of benzene rings is 1. The average Bonchev–Trinajstić information content (AvgIpc) is 2.25. The summed E-state index contributed by atoms with van der Waals surface area (Å²) in [4.78, 5) is 0. The van der Waals surface area contributed by atoms with Crippen molar-refractivity contribution in [3.63, 3.8) is 0 Å². The minimum Gasteiger partial charge on any atom is -0.250 e. The summed E-state index contributed by atoms with van der Waals surface area (Å²) in [7, 11) is -1.68. The van der Waals surface area contributed by atoms with Gasteiger partial charge in [0.25, 0.3) is 3.12 Å². The Hall–Kier alpha value is -0.280. The first kappa shape index (κ1) is 13.8. The molecular formula is C11H9Cl3OS. The van der Waals surface area contributed by atoms with Crippen LogP contribution in [-0.4, -0.2) is 7.33 Å². The molecule has 0 spiro atoms. The number of halogens is 3. The molecule has 0 fully saturated rings. The Bertz CT molecular complexity index is 421. The number of allylic oxidation sites excluding steroid dienone is 2. The Morgan fingerprint density at radius 3 is 2.31 bits per heavy atom. The normalized spacial score (nSPS) is 13.9. The van der Waals surface area contributed by atoms with Gasteiger partial charge in [0.05, 0.1) is 10.8 Å². The first-order chi connectivity index (χ1) is 7.41. The van der Waals surface area contributed by atoms with E-state index in [9.17, 15) is 4.21 Å². The van der Waals surface area contributed by atoms with Crippen molar-refractivity contribution in [1.29, 1.82) is 0 Å². The molecule has 1 aromatic carbocycles. The minimum atomic E-state index is -1.80. The minimum absolute atomic E-state index is 0.711. The predicted octanol–water partition coefficient (Wildman–Crippen LogP) is 4.29. The molecule has 1 rings (SSSR count). The zero-order chi connectivity index (χ0) is 12.2. The molecule has 0 saturated carbocycles. The fraction of sp³-hybridized carbons (Fsp3) is 0.0909. The highest BCUT2D eigenvalue weighted by Gasteiger charge is 2.26. The molecule has 0 aromatic heterocycles. The summed E-state index contributed by atoms with van der Waals surface area (Å²) in [6.07, 6.45) is 1.58. The van der Waals surface area contributed by atoms with Gasteiger partial charge in [0, 0.05) is 5.41 Å². The summed E-state index contributed by atoms with van der Waals surface area (Å²) in [6.45, 7) is 3.83. The topological polar surface area (TPSA) is 17.1 Å². The van der Waals surface area contributed by atoms with E-state index in [0.29, 0.717) is 5.57 Å². The highest BCUT2D eigenvalue weighted by Crippen LogP contribution is 2.31. The van der Waals surface area contributed by atoms with Crippen LogP contribution in [0.5, 0.6) is 0 Å². The maximum absolute atomic E-state index is 11.4. The van der Waals surface area contributed by atoms with Crippen molar-refractivity contribution in [3.05, 3.63) is 54.0 Å². The van der Waals surface area contributed by atoms with E-state index in [1.807, 2.05) is 30.3 Å². The Labute approximate surface area is 112 Å². The third-order valence-electron chi connectivity index (χ3n) is 1.77. The second kappa shape index (κ2) is 5.87. The lowest BCUT2D eigenvalue weighted by molar-refractivity contribution is 0.688. The van der Waals surface area contributed by atoms with Crippen LogP contribution >= 0.6 is 34.8 Å². The van der Waals surface area contributed by atoms with Crippen molar-refractivity contribution >= 4 is 51.2 Å². The van der Waals surface area contributed by atoms with Gasteiger partial charge < -0.3 is 0 Å². The number of hydrogen-bond acceptors (Lipinski definition) is 1. The first-order valence-electron chi connectivity index (χ1n) is 4.31. The Morgan fingerprint density at radius 1 is 1.25 bits per heavy atom. The highest BCUT2D eigenvalue weighted by molar-refractivity contribution is 7.93. The van der Waals surface area contributed by atoms with Gasteiger partial charge >= 0.3 is 0 Å². The van der Waals surface area contributed by atoms with E-state index in [0.717, 1.165) is 5.56 Å². The fourth-order valence-electron chi connectivity index (χ4n) is 0.970. The van der Waals surface area contributed by atoms with Crippen LogP contribution in [-0.2, 0) is 10.8 Å². The van der Waals surface area contributed by atoms with E-state index < -0.39 is 13.9 Å².